The molecule has 0 aliphatic rings. The summed E-state index contributed by atoms with van der Waals surface area (Å²) in [4.78, 5) is 25.9. The fraction of sp³-hybridized carbons (Fsp3) is 0.300. The molecule has 0 aliphatic heterocycles. The average Bonchev–Trinajstić information content (AvgIpc) is 2.58. The fourth-order valence-electron chi connectivity index (χ4n) is 2.42. The van der Waals surface area contributed by atoms with Crippen molar-refractivity contribution in [3.8, 4) is 0 Å². The summed E-state index contributed by atoms with van der Waals surface area (Å²) in [5.41, 5.74) is 4.48. The number of ether oxygens (including phenoxy) is 1. The van der Waals surface area contributed by atoms with E-state index in [-0.39, 0.29) is 12.5 Å². The van der Waals surface area contributed by atoms with Crippen molar-refractivity contribution in [1.29, 1.82) is 0 Å². The lowest BCUT2D eigenvalue weighted by atomic mass is 10.1. The van der Waals surface area contributed by atoms with Gasteiger partial charge in [0, 0.05) is 26.3 Å². The van der Waals surface area contributed by atoms with Gasteiger partial charge in [-0.3, -0.25) is 4.79 Å². The molecule has 0 saturated carbocycles. The maximum atomic E-state index is 12.0. The number of hydrogen-bond donors (Lipinski definition) is 1. The molecule has 0 fully saturated rings. The van der Waals surface area contributed by atoms with Crippen LogP contribution in [0.5, 0.6) is 0 Å². The highest BCUT2D eigenvalue weighted by Crippen LogP contribution is 2.13. The summed E-state index contributed by atoms with van der Waals surface area (Å²) in [7, 11) is 3.95. The molecule has 0 heterocycles. The van der Waals surface area contributed by atoms with E-state index in [1.807, 2.05) is 69.2 Å². The highest BCUT2D eigenvalue weighted by atomic mass is 16.5. The van der Waals surface area contributed by atoms with Crippen LogP contribution in [0.1, 0.15) is 27.0 Å². The van der Waals surface area contributed by atoms with E-state index >= 15 is 0 Å². The first-order chi connectivity index (χ1) is 11.9. The predicted molar refractivity (Wildman–Crippen MR) is 98.8 cm³/mol. The van der Waals surface area contributed by atoms with Gasteiger partial charge in [0.1, 0.15) is 0 Å². The molecule has 132 valence electrons. The Balaban J connectivity index is 1.81. The highest BCUT2D eigenvalue weighted by Gasteiger charge is 2.12. The lowest BCUT2D eigenvalue weighted by molar-refractivity contribution is -0.124. The molecular formula is C20H24N2O3. The molecule has 25 heavy (non-hydrogen) atoms. The minimum absolute atomic E-state index is 0.290. The van der Waals surface area contributed by atoms with Crippen LogP contribution in [0.15, 0.2) is 42.5 Å². The van der Waals surface area contributed by atoms with E-state index in [9.17, 15) is 9.59 Å². The second kappa shape index (κ2) is 8.33. The van der Waals surface area contributed by atoms with Gasteiger partial charge in [0.05, 0.1) is 5.56 Å². The molecule has 2 aromatic rings. The van der Waals surface area contributed by atoms with E-state index in [2.05, 4.69) is 5.32 Å². The van der Waals surface area contributed by atoms with Gasteiger partial charge in [0.25, 0.3) is 5.91 Å². The number of hydrogen-bond acceptors (Lipinski definition) is 4. The normalized spacial score (nSPS) is 10.2. The molecule has 0 spiro atoms. The average molecular weight is 340 g/mol. The van der Waals surface area contributed by atoms with Gasteiger partial charge in [0.15, 0.2) is 6.61 Å². The first kappa shape index (κ1) is 18.5. The molecule has 0 bridgehead atoms. The Kier molecular flexibility index (Phi) is 6.17. The highest BCUT2D eigenvalue weighted by molar-refractivity contribution is 5.92. The zero-order valence-electron chi connectivity index (χ0n) is 15.1. The Morgan fingerprint density at radius 1 is 1.04 bits per heavy atom. The van der Waals surface area contributed by atoms with Crippen molar-refractivity contribution in [3.05, 3.63) is 64.7 Å². The molecule has 0 unspecified atom stereocenters. The van der Waals surface area contributed by atoms with E-state index in [0.29, 0.717) is 12.1 Å². The summed E-state index contributed by atoms with van der Waals surface area (Å²) in [6.45, 7) is 3.91. The van der Waals surface area contributed by atoms with Crippen LogP contribution in [-0.4, -0.2) is 32.6 Å². The zero-order chi connectivity index (χ0) is 18.4. The maximum Gasteiger partial charge on any atom is 0.338 e. The van der Waals surface area contributed by atoms with Crippen LogP contribution in [0.3, 0.4) is 0 Å². The molecule has 0 aromatic heterocycles. The first-order valence-corrected chi connectivity index (χ1v) is 8.14. The minimum atomic E-state index is -0.483. The van der Waals surface area contributed by atoms with Crippen LogP contribution in [-0.2, 0) is 16.1 Å². The van der Waals surface area contributed by atoms with Crippen LogP contribution < -0.4 is 10.2 Å². The molecule has 1 N–H and O–H groups in total. The number of carbonyl (C=O) groups excluding carboxylic acids is 2. The lowest BCUT2D eigenvalue weighted by Crippen LogP contribution is -2.28. The van der Waals surface area contributed by atoms with Crippen molar-refractivity contribution >= 4 is 17.6 Å². The molecular weight excluding hydrogens is 316 g/mol. The molecule has 1 amide bonds. The summed E-state index contributed by atoms with van der Waals surface area (Å²) in [5.74, 6) is -0.808. The second-order valence-corrected chi connectivity index (χ2v) is 6.23. The number of rotatable bonds is 6. The van der Waals surface area contributed by atoms with E-state index in [1.165, 1.54) is 0 Å². The third kappa shape index (κ3) is 5.35. The number of aryl methyl sites for hydroxylation is 2. The van der Waals surface area contributed by atoms with Crippen LogP contribution in [0, 0.1) is 13.8 Å². The standard InChI is InChI=1S/C20H24N2O3/c1-14-5-10-18(15(2)11-14)20(24)25-13-19(23)21-12-16-6-8-17(9-7-16)22(3)4/h5-11H,12-13H2,1-4H3,(H,21,23). The Labute approximate surface area is 148 Å². The molecule has 0 radical (unpaired) electrons. The molecule has 2 rings (SSSR count). The number of amides is 1. The molecule has 0 aliphatic carbocycles. The van der Waals surface area contributed by atoms with Gasteiger partial charge in [-0.2, -0.15) is 0 Å². The van der Waals surface area contributed by atoms with Gasteiger partial charge in [-0.15, -0.1) is 0 Å². The predicted octanol–water partition coefficient (Wildman–Crippen LogP) is 2.84. The van der Waals surface area contributed by atoms with Gasteiger partial charge in [-0.25, -0.2) is 4.79 Å². The zero-order valence-corrected chi connectivity index (χ0v) is 15.1. The minimum Gasteiger partial charge on any atom is -0.452 e. The number of nitrogens with zero attached hydrogens (tertiary/aromatic N) is 1. The van der Waals surface area contributed by atoms with Gasteiger partial charge in [0.2, 0.25) is 0 Å². The van der Waals surface area contributed by atoms with Crippen molar-refractivity contribution in [2.75, 3.05) is 25.6 Å². The van der Waals surface area contributed by atoms with Gasteiger partial charge < -0.3 is 15.0 Å². The number of anilines is 1. The lowest BCUT2D eigenvalue weighted by Gasteiger charge is -2.13. The molecule has 5 nitrogen and oxygen atoms in total. The van der Waals surface area contributed by atoms with E-state index in [1.54, 1.807) is 6.07 Å². The van der Waals surface area contributed by atoms with Crippen molar-refractivity contribution in [1.82, 2.24) is 5.32 Å². The Morgan fingerprint density at radius 3 is 2.32 bits per heavy atom. The topological polar surface area (TPSA) is 58.6 Å². The van der Waals surface area contributed by atoms with Crippen molar-refractivity contribution in [3.63, 3.8) is 0 Å². The van der Waals surface area contributed by atoms with Crippen LogP contribution >= 0.6 is 0 Å². The summed E-state index contributed by atoms with van der Waals surface area (Å²) < 4.78 is 5.09. The van der Waals surface area contributed by atoms with Crippen LogP contribution in [0.25, 0.3) is 0 Å². The van der Waals surface area contributed by atoms with Gasteiger partial charge >= 0.3 is 5.97 Å². The third-order valence-corrected chi connectivity index (χ3v) is 3.88. The first-order valence-electron chi connectivity index (χ1n) is 8.14. The van der Waals surface area contributed by atoms with Crippen molar-refractivity contribution in [2.24, 2.45) is 0 Å². The van der Waals surface area contributed by atoms with Gasteiger partial charge in [-0.05, 0) is 43.2 Å². The number of esters is 1. The second-order valence-electron chi connectivity index (χ2n) is 6.23. The largest absolute Gasteiger partial charge is 0.452 e. The maximum absolute atomic E-state index is 12.0. The summed E-state index contributed by atoms with van der Waals surface area (Å²) in [6.07, 6.45) is 0. The van der Waals surface area contributed by atoms with E-state index in [0.717, 1.165) is 22.4 Å². The molecule has 5 heteroatoms. The van der Waals surface area contributed by atoms with Crippen molar-refractivity contribution in [2.45, 2.75) is 20.4 Å². The number of nitrogens with one attached hydrogen (secondary N) is 1. The summed E-state index contributed by atoms with van der Waals surface area (Å²) >= 11 is 0. The Hall–Kier alpha value is -2.82. The smallest absolute Gasteiger partial charge is 0.338 e. The molecule has 2 aromatic carbocycles. The monoisotopic (exact) mass is 340 g/mol. The fourth-order valence-corrected chi connectivity index (χ4v) is 2.42. The Morgan fingerprint density at radius 2 is 1.72 bits per heavy atom. The van der Waals surface area contributed by atoms with Crippen molar-refractivity contribution < 1.29 is 14.3 Å². The van der Waals surface area contributed by atoms with Crippen LogP contribution in [0.2, 0.25) is 0 Å². The SMILES string of the molecule is Cc1ccc(C(=O)OCC(=O)NCc2ccc(N(C)C)cc2)c(C)c1. The van der Waals surface area contributed by atoms with E-state index in [4.69, 9.17) is 4.74 Å². The number of benzene rings is 2. The van der Waals surface area contributed by atoms with Crippen LogP contribution in [0.4, 0.5) is 5.69 Å². The summed E-state index contributed by atoms with van der Waals surface area (Å²) in [6, 6.07) is 13.4. The molecule has 0 saturated heterocycles. The molecule has 0 atom stereocenters. The van der Waals surface area contributed by atoms with E-state index < -0.39 is 5.97 Å². The summed E-state index contributed by atoms with van der Waals surface area (Å²) in [5, 5.41) is 2.75. The number of carbonyl (C=O) groups is 2. The Bertz CT molecular complexity index is 752. The quantitative estimate of drug-likeness (QED) is 0.822. The van der Waals surface area contributed by atoms with Gasteiger partial charge in [-0.1, -0.05) is 29.8 Å². The third-order valence-electron chi connectivity index (χ3n) is 3.88.